The predicted molar refractivity (Wildman–Crippen MR) is 81.7 cm³/mol. The topological polar surface area (TPSA) is 93.7 Å². The molecule has 0 atom stereocenters. The second kappa shape index (κ2) is 6.57. The summed E-state index contributed by atoms with van der Waals surface area (Å²) < 4.78 is 14.5. The van der Waals surface area contributed by atoms with E-state index in [1.807, 2.05) is 0 Å². The Bertz CT molecular complexity index is 917. The molecule has 0 saturated heterocycles. The summed E-state index contributed by atoms with van der Waals surface area (Å²) in [6, 6.07) is 4.62. The fourth-order valence-electron chi connectivity index (χ4n) is 1.84. The van der Waals surface area contributed by atoms with Crippen LogP contribution in [0.15, 0.2) is 39.0 Å². The first-order chi connectivity index (χ1) is 10.8. The Morgan fingerprint density at radius 2 is 2.09 bits per heavy atom. The lowest BCUT2D eigenvalue weighted by Crippen LogP contribution is -2.39. The van der Waals surface area contributed by atoms with E-state index in [2.05, 4.69) is 5.10 Å². The van der Waals surface area contributed by atoms with Crippen LogP contribution in [0.5, 0.6) is 0 Å². The molecule has 0 bridgehead atoms. The molecule has 0 radical (unpaired) electrons. The van der Waals surface area contributed by atoms with Gasteiger partial charge in [0.25, 0.3) is 5.56 Å². The molecule has 0 saturated carbocycles. The standard InChI is InChI=1S/C14H11ClFN3O4/c1-8-4-12(20)19(14(23)18(8)7-13(21)22)17-6-9-5-10(16)2-3-11(9)15/h2-6H,7H2,1H3,(H,21,22)/b17-6+. The molecule has 0 aliphatic heterocycles. The van der Waals surface area contributed by atoms with Gasteiger partial charge in [0, 0.05) is 22.3 Å². The molecular weight excluding hydrogens is 329 g/mol. The van der Waals surface area contributed by atoms with Crippen LogP contribution in [-0.4, -0.2) is 26.5 Å². The maximum atomic E-state index is 13.2. The van der Waals surface area contributed by atoms with Crippen LogP contribution in [0.4, 0.5) is 4.39 Å². The number of hydrogen-bond donors (Lipinski definition) is 1. The van der Waals surface area contributed by atoms with Crippen molar-refractivity contribution in [2.75, 3.05) is 0 Å². The van der Waals surface area contributed by atoms with E-state index in [1.165, 1.54) is 13.0 Å². The summed E-state index contributed by atoms with van der Waals surface area (Å²) in [5.41, 5.74) is -1.29. The summed E-state index contributed by atoms with van der Waals surface area (Å²) in [4.78, 5) is 34.8. The summed E-state index contributed by atoms with van der Waals surface area (Å²) in [6.45, 7) is 0.824. The Hall–Kier alpha value is -2.74. The van der Waals surface area contributed by atoms with Gasteiger partial charge in [0.1, 0.15) is 12.4 Å². The van der Waals surface area contributed by atoms with Crippen LogP contribution in [0.3, 0.4) is 0 Å². The molecule has 1 heterocycles. The molecule has 0 unspecified atom stereocenters. The first kappa shape index (κ1) is 16.6. The Morgan fingerprint density at radius 3 is 2.74 bits per heavy atom. The number of carboxylic acid groups (broad SMARTS) is 1. The van der Waals surface area contributed by atoms with E-state index in [9.17, 15) is 18.8 Å². The Balaban J connectivity index is 2.54. The Morgan fingerprint density at radius 1 is 1.39 bits per heavy atom. The minimum Gasteiger partial charge on any atom is -0.480 e. The number of benzene rings is 1. The molecule has 0 fully saturated rings. The van der Waals surface area contributed by atoms with Crippen LogP contribution >= 0.6 is 11.6 Å². The van der Waals surface area contributed by atoms with Crippen LogP contribution in [-0.2, 0) is 11.3 Å². The molecular formula is C14H11ClFN3O4. The minimum absolute atomic E-state index is 0.170. The predicted octanol–water partition coefficient (Wildman–Crippen LogP) is 1.08. The fraction of sp³-hybridized carbons (Fsp3) is 0.143. The van der Waals surface area contributed by atoms with Gasteiger partial charge in [-0.25, -0.2) is 9.18 Å². The van der Waals surface area contributed by atoms with Gasteiger partial charge in [0.2, 0.25) is 0 Å². The van der Waals surface area contributed by atoms with E-state index >= 15 is 0 Å². The van der Waals surface area contributed by atoms with E-state index in [-0.39, 0.29) is 16.3 Å². The molecule has 0 aliphatic rings. The van der Waals surface area contributed by atoms with Gasteiger partial charge >= 0.3 is 11.7 Å². The van der Waals surface area contributed by atoms with Crippen molar-refractivity contribution in [3.8, 4) is 0 Å². The van der Waals surface area contributed by atoms with Crippen LogP contribution in [0.25, 0.3) is 0 Å². The Labute approximate surface area is 133 Å². The second-order valence-corrected chi connectivity index (χ2v) is 5.02. The highest BCUT2D eigenvalue weighted by atomic mass is 35.5. The maximum absolute atomic E-state index is 13.2. The van der Waals surface area contributed by atoms with Gasteiger partial charge in [-0.3, -0.25) is 14.2 Å². The van der Waals surface area contributed by atoms with Gasteiger partial charge < -0.3 is 5.11 Å². The third kappa shape index (κ3) is 3.72. The van der Waals surface area contributed by atoms with Crippen LogP contribution in [0.1, 0.15) is 11.3 Å². The van der Waals surface area contributed by atoms with Gasteiger partial charge in [-0.05, 0) is 25.1 Å². The monoisotopic (exact) mass is 339 g/mol. The van der Waals surface area contributed by atoms with Gasteiger partial charge in [-0.15, -0.1) is 4.68 Å². The first-order valence-corrected chi connectivity index (χ1v) is 6.72. The zero-order valence-electron chi connectivity index (χ0n) is 11.9. The second-order valence-electron chi connectivity index (χ2n) is 4.61. The maximum Gasteiger partial charge on any atom is 0.352 e. The van der Waals surface area contributed by atoms with Crippen molar-refractivity contribution < 1.29 is 14.3 Å². The molecule has 1 aromatic heterocycles. The summed E-state index contributed by atoms with van der Waals surface area (Å²) in [7, 11) is 0. The van der Waals surface area contributed by atoms with Gasteiger partial charge in [-0.1, -0.05) is 11.6 Å². The number of carbonyl (C=O) groups is 1. The molecule has 2 rings (SSSR count). The van der Waals surface area contributed by atoms with Crippen LogP contribution in [0.2, 0.25) is 5.02 Å². The largest absolute Gasteiger partial charge is 0.480 e. The lowest BCUT2D eigenvalue weighted by Gasteiger charge is -2.08. The van der Waals surface area contributed by atoms with Crippen molar-refractivity contribution in [1.82, 2.24) is 9.24 Å². The molecule has 1 aromatic carbocycles. The van der Waals surface area contributed by atoms with Gasteiger partial charge in [0.15, 0.2) is 0 Å². The van der Waals surface area contributed by atoms with E-state index in [4.69, 9.17) is 16.7 Å². The van der Waals surface area contributed by atoms with Gasteiger partial charge in [-0.2, -0.15) is 5.10 Å². The normalized spacial score (nSPS) is 11.1. The number of aryl methyl sites for hydroxylation is 1. The lowest BCUT2D eigenvalue weighted by molar-refractivity contribution is -0.137. The summed E-state index contributed by atoms with van der Waals surface area (Å²) >= 11 is 5.86. The number of halogens is 2. The van der Waals surface area contributed by atoms with Crippen molar-refractivity contribution in [3.63, 3.8) is 0 Å². The van der Waals surface area contributed by atoms with Crippen molar-refractivity contribution in [1.29, 1.82) is 0 Å². The van der Waals surface area contributed by atoms with Crippen molar-refractivity contribution in [2.45, 2.75) is 13.5 Å². The lowest BCUT2D eigenvalue weighted by atomic mass is 10.2. The Kier molecular flexibility index (Phi) is 4.75. The average molecular weight is 340 g/mol. The first-order valence-electron chi connectivity index (χ1n) is 6.34. The molecule has 9 heteroatoms. The van der Waals surface area contributed by atoms with Gasteiger partial charge in [0.05, 0.1) is 6.21 Å². The quantitative estimate of drug-likeness (QED) is 0.843. The molecule has 7 nitrogen and oxygen atoms in total. The molecule has 2 aromatic rings. The van der Waals surface area contributed by atoms with Crippen LogP contribution < -0.4 is 11.2 Å². The SMILES string of the molecule is Cc1cc(=O)n(/N=C/c2cc(F)ccc2Cl)c(=O)n1CC(=O)O. The number of carboxylic acids is 1. The molecule has 0 aliphatic carbocycles. The van der Waals surface area contributed by atoms with Crippen LogP contribution in [0, 0.1) is 12.7 Å². The highest BCUT2D eigenvalue weighted by Gasteiger charge is 2.11. The highest BCUT2D eigenvalue weighted by molar-refractivity contribution is 6.33. The number of hydrogen-bond acceptors (Lipinski definition) is 4. The highest BCUT2D eigenvalue weighted by Crippen LogP contribution is 2.14. The smallest absolute Gasteiger partial charge is 0.352 e. The molecule has 0 amide bonds. The van der Waals surface area contributed by atoms with E-state index in [1.54, 1.807) is 0 Å². The summed E-state index contributed by atoms with van der Waals surface area (Å²) in [5.74, 6) is -1.80. The average Bonchev–Trinajstić information content (AvgIpc) is 2.46. The third-order valence-electron chi connectivity index (χ3n) is 2.94. The molecule has 1 N–H and O–H groups in total. The summed E-state index contributed by atoms with van der Waals surface area (Å²) in [5, 5.41) is 12.7. The zero-order chi connectivity index (χ0) is 17.1. The van der Waals surface area contributed by atoms with Crippen molar-refractivity contribution in [3.05, 3.63) is 67.2 Å². The zero-order valence-corrected chi connectivity index (χ0v) is 12.6. The van der Waals surface area contributed by atoms with Crippen molar-refractivity contribution >= 4 is 23.8 Å². The number of aliphatic carboxylic acids is 1. The molecule has 120 valence electrons. The van der Waals surface area contributed by atoms with Crippen molar-refractivity contribution in [2.24, 2.45) is 5.10 Å². The summed E-state index contributed by atoms with van der Waals surface area (Å²) in [6.07, 6.45) is 1.05. The number of rotatable bonds is 4. The third-order valence-corrected chi connectivity index (χ3v) is 3.29. The molecule has 23 heavy (non-hydrogen) atoms. The number of nitrogens with zero attached hydrogens (tertiary/aromatic N) is 3. The fourth-order valence-corrected chi connectivity index (χ4v) is 2.01. The minimum atomic E-state index is -1.24. The van der Waals surface area contributed by atoms with E-state index in [0.29, 0.717) is 4.68 Å². The number of aromatic nitrogens is 2. The van der Waals surface area contributed by atoms with E-state index < -0.39 is 29.6 Å². The van der Waals surface area contributed by atoms with E-state index in [0.717, 1.165) is 29.0 Å². The molecule has 0 spiro atoms.